The van der Waals surface area contributed by atoms with E-state index in [1.165, 1.54) is 11.8 Å². The minimum absolute atomic E-state index is 0. The number of amidine groups is 1. The van der Waals surface area contributed by atoms with Gasteiger partial charge in [-0.2, -0.15) is 0 Å². The molecule has 1 aliphatic heterocycles. The quantitative estimate of drug-likeness (QED) is 0.171. The predicted octanol–water partition coefficient (Wildman–Crippen LogP) is 3.72. The number of nitrogens with two attached hydrogens (primary N) is 1. The van der Waals surface area contributed by atoms with Crippen molar-refractivity contribution in [3.8, 4) is 0 Å². The fourth-order valence-corrected chi connectivity index (χ4v) is 4.04. The maximum absolute atomic E-state index is 12.7. The lowest BCUT2D eigenvalue weighted by atomic mass is 10.0. The first kappa shape index (κ1) is 22.6. The molecule has 7 nitrogen and oxygen atoms in total. The molecule has 0 atom stereocenters. The van der Waals surface area contributed by atoms with Gasteiger partial charge in [0.15, 0.2) is 5.17 Å². The van der Waals surface area contributed by atoms with E-state index in [0.717, 1.165) is 28.8 Å². The topological polar surface area (TPSA) is 113 Å². The first-order valence-electron chi connectivity index (χ1n) is 9.51. The Bertz CT molecular complexity index is 1170. The van der Waals surface area contributed by atoms with Crippen molar-refractivity contribution in [2.24, 2.45) is 5.73 Å². The summed E-state index contributed by atoms with van der Waals surface area (Å²) in [5, 5.41) is 13.9. The summed E-state index contributed by atoms with van der Waals surface area (Å²) in [7, 11) is 0. The lowest BCUT2D eigenvalue weighted by molar-refractivity contribution is -0.123. The van der Waals surface area contributed by atoms with E-state index in [2.05, 4.69) is 15.2 Å². The summed E-state index contributed by atoms with van der Waals surface area (Å²) in [6.07, 6.45) is 2.74. The molecule has 0 saturated carbocycles. The molecule has 1 aromatic heterocycles. The number of amides is 2. The van der Waals surface area contributed by atoms with Crippen LogP contribution in [0.25, 0.3) is 16.5 Å². The van der Waals surface area contributed by atoms with Crippen LogP contribution in [0.2, 0.25) is 0 Å². The van der Waals surface area contributed by atoms with E-state index in [0.29, 0.717) is 17.7 Å². The third kappa shape index (κ3) is 4.83. The number of aryl methyl sites for hydroxylation is 1. The van der Waals surface area contributed by atoms with Crippen LogP contribution in [-0.4, -0.2) is 27.3 Å². The minimum atomic E-state index is -0.437. The average Bonchev–Trinajstić information content (AvgIpc) is 3.22. The number of thioether (sulfide) groups is 1. The Labute approximate surface area is 194 Å². The molecule has 0 bridgehead atoms. The smallest absolute Gasteiger partial charge is 0.275 e. The van der Waals surface area contributed by atoms with Gasteiger partial charge >= 0.3 is 0 Å². The Morgan fingerprint density at radius 1 is 1.06 bits per heavy atom. The molecule has 3 aromatic rings. The van der Waals surface area contributed by atoms with Crippen LogP contribution in [0.15, 0.2) is 66.5 Å². The largest absolute Gasteiger partial charge is 0.379 e. The number of nitrogens with one attached hydrogen (secondary N) is 3. The second-order valence-corrected chi connectivity index (χ2v) is 7.98. The van der Waals surface area contributed by atoms with Crippen LogP contribution < -0.4 is 16.4 Å². The second-order valence-electron chi connectivity index (χ2n) is 6.84. The summed E-state index contributed by atoms with van der Waals surface area (Å²) >= 11 is 1.31. The Balaban J connectivity index is 0.00000272. The molecule has 9 heteroatoms. The van der Waals surface area contributed by atoms with Crippen LogP contribution in [0.4, 0.5) is 5.69 Å². The number of rotatable bonds is 7. The number of hydrogen-bond acceptors (Lipinski definition) is 5. The SMILES string of the molecule is Br.N=C(N)SCCCn1cc(C2=C(Nc3ccccc3)C(=O)NC2=O)c2ccccc21. The Morgan fingerprint density at radius 2 is 1.77 bits per heavy atom. The Hall–Kier alpha value is -3.04. The summed E-state index contributed by atoms with van der Waals surface area (Å²) in [5.74, 6) is -0.110. The molecule has 0 saturated heterocycles. The molecule has 1 aliphatic rings. The van der Waals surface area contributed by atoms with Gasteiger partial charge in [-0.25, -0.2) is 0 Å². The van der Waals surface area contributed by atoms with Gasteiger partial charge in [0, 0.05) is 40.6 Å². The van der Waals surface area contributed by atoms with Crippen LogP contribution in [0.5, 0.6) is 0 Å². The molecule has 5 N–H and O–H groups in total. The van der Waals surface area contributed by atoms with E-state index >= 15 is 0 Å². The molecule has 2 aromatic carbocycles. The van der Waals surface area contributed by atoms with Crippen molar-refractivity contribution in [3.05, 3.63) is 72.1 Å². The number of para-hydroxylation sites is 2. The Kier molecular flexibility index (Phi) is 7.19. The molecular weight excluding hydrogens is 478 g/mol. The third-order valence-corrected chi connectivity index (χ3v) is 5.64. The first-order valence-corrected chi connectivity index (χ1v) is 10.5. The fourth-order valence-electron chi connectivity index (χ4n) is 3.55. The molecule has 0 aliphatic carbocycles. The lowest BCUT2D eigenvalue weighted by Crippen LogP contribution is -2.24. The van der Waals surface area contributed by atoms with Crippen LogP contribution in [0.3, 0.4) is 0 Å². The predicted molar refractivity (Wildman–Crippen MR) is 131 cm³/mol. The molecule has 0 radical (unpaired) electrons. The van der Waals surface area contributed by atoms with Crippen molar-refractivity contribution >= 4 is 67.9 Å². The van der Waals surface area contributed by atoms with Crippen LogP contribution >= 0.6 is 28.7 Å². The number of carbonyl (C=O) groups is 2. The second kappa shape index (κ2) is 9.84. The molecule has 2 heterocycles. The van der Waals surface area contributed by atoms with Gasteiger partial charge in [-0.05, 0) is 24.6 Å². The normalized spacial score (nSPS) is 13.3. The number of benzene rings is 2. The average molecular weight is 500 g/mol. The number of halogens is 1. The minimum Gasteiger partial charge on any atom is -0.379 e. The number of nitrogens with zero attached hydrogens (tertiary/aromatic N) is 1. The van der Waals surface area contributed by atoms with Gasteiger partial charge in [0.1, 0.15) is 5.70 Å². The van der Waals surface area contributed by atoms with Gasteiger partial charge in [0.2, 0.25) is 0 Å². The highest BCUT2D eigenvalue weighted by atomic mass is 79.9. The van der Waals surface area contributed by atoms with Crippen molar-refractivity contribution in [1.82, 2.24) is 9.88 Å². The van der Waals surface area contributed by atoms with Gasteiger partial charge in [0.05, 0.1) is 5.57 Å². The number of imide groups is 1. The molecule has 160 valence electrons. The molecule has 0 unspecified atom stereocenters. The summed E-state index contributed by atoms with van der Waals surface area (Å²) in [6, 6.07) is 17.1. The lowest BCUT2D eigenvalue weighted by Gasteiger charge is -2.07. The van der Waals surface area contributed by atoms with Crippen molar-refractivity contribution < 1.29 is 9.59 Å². The molecule has 4 rings (SSSR count). The number of fused-ring (bicyclic) bond motifs is 1. The van der Waals surface area contributed by atoms with E-state index < -0.39 is 11.8 Å². The van der Waals surface area contributed by atoms with Gasteiger partial charge in [-0.15, -0.1) is 17.0 Å². The zero-order chi connectivity index (χ0) is 21.1. The number of hydrogen-bond donors (Lipinski definition) is 4. The monoisotopic (exact) mass is 499 g/mol. The number of carbonyl (C=O) groups excluding carboxylic acids is 2. The van der Waals surface area contributed by atoms with Gasteiger partial charge < -0.3 is 15.6 Å². The van der Waals surface area contributed by atoms with E-state index in [-0.39, 0.29) is 27.8 Å². The van der Waals surface area contributed by atoms with Gasteiger partial charge in [-0.1, -0.05) is 48.2 Å². The number of anilines is 1. The van der Waals surface area contributed by atoms with Gasteiger partial charge in [0.25, 0.3) is 11.8 Å². The fraction of sp³-hybridized carbons (Fsp3) is 0.136. The van der Waals surface area contributed by atoms with E-state index in [1.54, 1.807) is 0 Å². The summed E-state index contributed by atoms with van der Waals surface area (Å²) < 4.78 is 2.08. The molecule has 0 spiro atoms. The molecular formula is C22H22BrN5O2S. The van der Waals surface area contributed by atoms with Crippen molar-refractivity contribution in [2.75, 3.05) is 11.1 Å². The first-order chi connectivity index (χ1) is 14.5. The van der Waals surface area contributed by atoms with E-state index in [1.807, 2.05) is 60.8 Å². The van der Waals surface area contributed by atoms with Gasteiger partial charge in [-0.3, -0.25) is 20.3 Å². The van der Waals surface area contributed by atoms with Crippen LogP contribution in [0.1, 0.15) is 12.0 Å². The molecule has 0 fully saturated rings. The standard InChI is InChI=1S/C22H21N5O2S.BrH/c23-22(24)30-12-6-11-27-13-16(15-9-4-5-10-17(15)27)18-19(21(29)26-20(18)28)25-14-7-2-1-3-8-14;/h1-5,7-10,13H,6,11-12H2,(H3,23,24)(H2,25,26,28,29);1H. The molecule has 31 heavy (non-hydrogen) atoms. The Morgan fingerprint density at radius 3 is 2.52 bits per heavy atom. The summed E-state index contributed by atoms with van der Waals surface area (Å²) in [4.78, 5) is 25.2. The van der Waals surface area contributed by atoms with Crippen LogP contribution in [-0.2, 0) is 16.1 Å². The van der Waals surface area contributed by atoms with Crippen molar-refractivity contribution in [2.45, 2.75) is 13.0 Å². The van der Waals surface area contributed by atoms with E-state index in [9.17, 15) is 9.59 Å². The highest BCUT2D eigenvalue weighted by Crippen LogP contribution is 2.32. The highest BCUT2D eigenvalue weighted by Gasteiger charge is 2.33. The number of aromatic nitrogens is 1. The molecule has 2 amide bonds. The third-order valence-electron chi connectivity index (χ3n) is 4.83. The highest BCUT2D eigenvalue weighted by molar-refractivity contribution is 8.93. The van der Waals surface area contributed by atoms with E-state index in [4.69, 9.17) is 11.1 Å². The van der Waals surface area contributed by atoms with Crippen molar-refractivity contribution in [3.63, 3.8) is 0 Å². The maximum Gasteiger partial charge on any atom is 0.275 e. The maximum atomic E-state index is 12.7. The van der Waals surface area contributed by atoms with Crippen LogP contribution in [0, 0.1) is 5.41 Å². The zero-order valence-corrected chi connectivity index (χ0v) is 19.1. The van der Waals surface area contributed by atoms with Crippen molar-refractivity contribution in [1.29, 1.82) is 5.41 Å². The zero-order valence-electron chi connectivity index (χ0n) is 16.6. The summed E-state index contributed by atoms with van der Waals surface area (Å²) in [5.41, 5.74) is 8.44. The summed E-state index contributed by atoms with van der Waals surface area (Å²) in [6.45, 7) is 0.713.